The molecule has 3 aromatic rings. The number of fused-ring (bicyclic) bond motifs is 1. The number of carbonyl (C=O) groups excluding carboxylic acids is 1. The average molecular weight is 482 g/mol. The molecule has 0 N–H and O–H groups in total. The van der Waals surface area contributed by atoms with Gasteiger partial charge in [-0.1, -0.05) is 36.2 Å². The largest absolute Gasteiger partial charge is 0.340 e. The second-order valence-electron chi connectivity index (χ2n) is 7.72. The van der Waals surface area contributed by atoms with Crippen LogP contribution in [0, 0.1) is 13.8 Å². The van der Waals surface area contributed by atoms with E-state index in [1.807, 2.05) is 30.5 Å². The molecule has 0 aromatic carbocycles. The predicted octanol–water partition coefficient (Wildman–Crippen LogP) is 5.66. The lowest BCUT2D eigenvalue weighted by molar-refractivity contribution is -0.127. The molecule has 1 aliphatic rings. The van der Waals surface area contributed by atoms with E-state index in [2.05, 4.69) is 0 Å². The molecular formula is C21H24ClN3O2S3. The minimum absolute atomic E-state index is 0.00961. The second-order valence-corrected chi connectivity index (χ2v) is 11.7. The molecule has 0 radical (unpaired) electrons. The van der Waals surface area contributed by atoms with Crippen molar-refractivity contribution in [2.45, 2.75) is 57.3 Å². The SMILES string of the molecule is Cc1sc2nc(SCC(=O)N(C)Cc3ccc(Cl)s3)n(C3CCCC3)c(=O)c2c1C. The molecule has 9 heteroatoms. The van der Waals surface area contributed by atoms with Crippen LogP contribution in [0.3, 0.4) is 0 Å². The molecule has 3 heterocycles. The molecule has 0 bridgehead atoms. The van der Waals surface area contributed by atoms with E-state index in [0.717, 1.165) is 55.6 Å². The van der Waals surface area contributed by atoms with Crippen LogP contribution >= 0.6 is 46.0 Å². The number of hydrogen-bond acceptors (Lipinski definition) is 6. The van der Waals surface area contributed by atoms with Gasteiger partial charge in [-0.25, -0.2) is 4.98 Å². The van der Waals surface area contributed by atoms with Gasteiger partial charge in [0.1, 0.15) is 4.83 Å². The lowest BCUT2D eigenvalue weighted by atomic mass is 10.2. The molecule has 30 heavy (non-hydrogen) atoms. The number of aromatic nitrogens is 2. The Balaban J connectivity index is 1.59. The monoisotopic (exact) mass is 481 g/mol. The fourth-order valence-corrected chi connectivity index (χ4v) is 7.09. The van der Waals surface area contributed by atoms with Crippen molar-refractivity contribution < 1.29 is 4.79 Å². The molecule has 1 aliphatic carbocycles. The van der Waals surface area contributed by atoms with E-state index in [4.69, 9.17) is 16.6 Å². The quantitative estimate of drug-likeness (QED) is 0.337. The molecule has 1 saturated carbocycles. The first-order valence-corrected chi connectivity index (χ1v) is 13.0. The van der Waals surface area contributed by atoms with Gasteiger partial charge in [0.2, 0.25) is 5.91 Å². The van der Waals surface area contributed by atoms with Gasteiger partial charge in [0.15, 0.2) is 5.16 Å². The summed E-state index contributed by atoms with van der Waals surface area (Å²) in [4.78, 5) is 35.6. The Hall–Kier alpha value is -1.35. The number of carbonyl (C=O) groups is 1. The van der Waals surface area contributed by atoms with Crippen molar-refractivity contribution in [3.05, 3.63) is 42.1 Å². The highest BCUT2D eigenvalue weighted by Gasteiger charge is 2.25. The molecule has 5 nitrogen and oxygen atoms in total. The summed E-state index contributed by atoms with van der Waals surface area (Å²) in [5.74, 6) is 0.263. The standard InChI is InChI=1S/C21H24ClN3O2S3/c1-12-13(2)29-19-18(12)20(27)25(14-6-4-5-7-14)21(23-19)28-11-17(26)24(3)10-15-8-9-16(22)30-15/h8-9,14H,4-7,10-11H2,1-3H3. The summed E-state index contributed by atoms with van der Waals surface area (Å²) in [5.41, 5.74) is 1.08. The minimum atomic E-state index is 0.00961. The lowest BCUT2D eigenvalue weighted by Gasteiger charge is -2.19. The first-order valence-electron chi connectivity index (χ1n) is 9.98. The van der Waals surface area contributed by atoms with Gasteiger partial charge in [-0.3, -0.25) is 14.2 Å². The molecule has 0 unspecified atom stereocenters. The van der Waals surface area contributed by atoms with E-state index >= 15 is 0 Å². The molecule has 0 atom stereocenters. The zero-order chi connectivity index (χ0) is 21.4. The van der Waals surface area contributed by atoms with E-state index < -0.39 is 0 Å². The summed E-state index contributed by atoms with van der Waals surface area (Å²) in [6, 6.07) is 3.97. The van der Waals surface area contributed by atoms with Crippen LogP contribution in [0.15, 0.2) is 22.1 Å². The van der Waals surface area contributed by atoms with Crippen LogP contribution in [-0.2, 0) is 11.3 Å². The first kappa shape index (κ1) is 21.9. The molecular weight excluding hydrogens is 458 g/mol. The van der Waals surface area contributed by atoms with E-state index in [-0.39, 0.29) is 23.3 Å². The van der Waals surface area contributed by atoms with E-state index in [9.17, 15) is 9.59 Å². The Labute approximate surface area is 193 Å². The molecule has 4 rings (SSSR count). The molecule has 0 spiro atoms. The van der Waals surface area contributed by atoms with Crippen LogP contribution < -0.4 is 5.56 Å². The third kappa shape index (κ3) is 4.33. The van der Waals surface area contributed by atoms with E-state index in [1.54, 1.807) is 23.3 Å². The summed E-state index contributed by atoms with van der Waals surface area (Å²) in [6.45, 7) is 4.56. The summed E-state index contributed by atoms with van der Waals surface area (Å²) >= 11 is 10.4. The highest BCUT2D eigenvalue weighted by atomic mass is 35.5. The first-order chi connectivity index (χ1) is 14.3. The van der Waals surface area contributed by atoms with Crippen molar-refractivity contribution in [1.29, 1.82) is 0 Å². The second kappa shape index (κ2) is 9.02. The van der Waals surface area contributed by atoms with Gasteiger partial charge in [0.05, 0.1) is 22.0 Å². The number of amides is 1. The van der Waals surface area contributed by atoms with Crippen LogP contribution in [0.2, 0.25) is 4.34 Å². The maximum Gasteiger partial charge on any atom is 0.263 e. The summed E-state index contributed by atoms with van der Waals surface area (Å²) in [6.07, 6.45) is 4.25. The fourth-order valence-electron chi connectivity index (χ4n) is 3.87. The zero-order valence-electron chi connectivity index (χ0n) is 17.2. The third-order valence-electron chi connectivity index (χ3n) is 5.66. The van der Waals surface area contributed by atoms with Crippen molar-refractivity contribution in [3.8, 4) is 0 Å². The number of rotatable bonds is 6. The number of nitrogens with zero attached hydrogens (tertiary/aromatic N) is 3. The molecule has 1 fully saturated rings. The van der Waals surface area contributed by atoms with Crippen molar-refractivity contribution in [1.82, 2.24) is 14.5 Å². The zero-order valence-corrected chi connectivity index (χ0v) is 20.4. The number of halogens is 1. The smallest absolute Gasteiger partial charge is 0.263 e. The van der Waals surface area contributed by atoms with Gasteiger partial charge in [0.25, 0.3) is 5.56 Å². The van der Waals surface area contributed by atoms with Crippen LogP contribution in [0.1, 0.15) is 47.0 Å². The maximum absolute atomic E-state index is 13.4. The highest BCUT2D eigenvalue weighted by molar-refractivity contribution is 7.99. The Morgan fingerprint density at radius 3 is 2.70 bits per heavy atom. The van der Waals surface area contributed by atoms with Gasteiger partial charge in [-0.15, -0.1) is 22.7 Å². The Morgan fingerprint density at radius 1 is 1.30 bits per heavy atom. The van der Waals surface area contributed by atoms with Crippen molar-refractivity contribution in [3.63, 3.8) is 0 Å². The summed E-state index contributed by atoms with van der Waals surface area (Å²) < 4.78 is 2.59. The lowest BCUT2D eigenvalue weighted by Crippen LogP contribution is -2.29. The number of thiophene rings is 2. The van der Waals surface area contributed by atoms with E-state index in [1.165, 1.54) is 23.1 Å². The Morgan fingerprint density at radius 2 is 2.03 bits per heavy atom. The van der Waals surface area contributed by atoms with E-state index in [0.29, 0.717) is 11.7 Å². The van der Waals surface area contributed by atoms with Crippen LogP contribution in [0.5, 0.6) is 0 Å². The van der Waals surface area contributed by atoms with Gasteiger partial charge < -0.3 is 4.90 Å². The van der Waals surface area contributed by atoms with Crippen LogP contribution in [-0.4, -0.2) is 33.2 Å². The number of aryl methyl sites for hydroxylation is 2. The van der Waals surface area contributed by atoms with Gasteiger partial charge in [-0.05, 0) is 44.4 Å². The topological polar surface area (TPSA) is 55.2 Å². The third-order valence-corrected chi connectivity index (χ3v) is 8.92. The fraction of sp³-hybridized carbons (Fsp3) is 0.476. The Bertz CT molecular complexity index is 1140. The number of hydrogen-bond donors (Lipinski definition) is 0. The molecule has 0 aliphatic heterocycles. The van der Waals surface area contributed by atoms with Crippen LogP contribution in [0.4, 0.5) is 0 Å². The van der Waals surface area contributed by atoms with Crippen LogP contribution in [0.25, 0.3) is 10.2 Å². The van der Waals surface area contributed by atoms with Gasteiger partial charge in [0, 0.05) is 22.8 Å². The van der Waals surface area contributed by atoms with Crippen molar-refractivity contribution in [2.75, 3.05) is 12.8 Å². The summed E-state index contributed by atoms with van der Waals surface area (Å²) in [5, 5.41) is 1.41. The highest BCUT2D eigenvalue weighted by Crippen LogP contribution is 2.34. The van der Waals surface area contributed by atoms with Crippen molar-refractivity contribution in [2.24, 2.45) is 0 Å². The molecule has 1 amide bonds. The predicted molar refractivity (Wildman–Crippen MR) is 127 cm³/mol. The number of thioether (sulfide) groups is 1. The minimum Gasteiger partial charge on any atom is -0.340 e. The van der Waals surface area contributed by atoms with Gasteiger partial charge >= 0.3 is 0 Å². The van der Waals surface area contributed by atoms with Gasteiger partial charge in [-0.2, -0.15) is 0 Å². The average Bonchev–Trinajstić information content (AvgIpc) is 3.42. The normalized spacial score (nSPS) is 14.7. The Kier molecular flexibility index (Phi) is 6.58. The molecule has 3 aromatic heterocycles. The maximum atomic E-state index is 13.4. The van der Waals surface area contributed by atoms with Crippen molar-refractivity contribution >= 4 is 62.2 Å². The molecule has 0 saturated heterocycles. The molecule has 160 valence electrons. The summed E-state index contributed by atoms with van der Waals surface area (Å²) in [7, 11) is 1.79.